The van der Waals surface area contributed by atoms with Gasteiger partial charge in [-0.15, -0.1) is 11.8 Å². The fraction of sp³-hybridized carbons (Fsp3) is 0.333. The average molecular weight is 303 g/mol. The molecule has 2 heterocycles. The van der Waals surface area contributed by atoms with Crippen LogP contribution in [-0.4, -0.2) is 34.4 Å². The number of benzene rings is 1. The number of hydrogen-bond donors (Lipinski definition) is 2. The van der Waals surface area contributed by atoms with Crippen molar-refractivity contribution in [2.45, 2.75) is 19.9 Å². The van der Waals surface area contributed by atoms with Gasteiger partial charge in [-0.25, -0.2) is 4.79 Å². The molecule has 1 aliphatic heterocycles. The van der Waals surface area contributed by atoms with Crippen molar-refractivity contribution in [2.75, 3.05) is 18.1 Å². The van der Waals surface area contributed by atoms with Gasteiger partial charge in [0.2, 0.25) is 0 Å². The molecule has 5 nitrogen and oxygen atoms in total. The number of H-pyrrole nitrogens is 1. The summed E-state index contributed by atoms with van der Waals surface area (Å²) < 4.78 is 5.01. The Bertz CT molecular complexity index is 736. The van der Waals surface area contributed by atoms with E-state index in [1.807, 2.05) is 19.1 Å². The Morgan fingerprint density at radius 1 is 1.52 bits per heavy atom. The number of nitrogen functional groups attached to an aromatic ring is 1. The molecule has 0 unspecified atom stereocenters. The largest absolute Gasteiger partial charge is 0.464 e. The third-order valence-electron chi connectivity index (χ3n) is 3.34. The molecule has 0 amide bonds. The van der Waals surface area contributed by atoms with Gasteiger partial charge in [0.1, 0.15) is 5.04 Å². The number of aliphatic imine (C=N–C) groups is 1. The number of fused-ring (bicyclic) bond motifs is 1. The summed E-state index contributed by atoms with van der Waals surface area (Å²) in [6.07, 6.45) is 0. The van der Waals surface area contributed by atoms with Crippen molar-refractivity contribution in [3.05, 3.63) is 29.5 Å². The van der Waals surface area contributed by atoms with Gasteiger partial charge in [-0.2, -0.15) is 0 Å². The average Bonchev–Trinajstić information content (AvgIpc) is 3.04. The van der Waals surface area contributed by atoms with E-state index in [0.29, 0.717) is 12.4 Å². The van der Waals surface area contributed by atoms with E-state index in [0.717, 1.165) is 32.9 Å². The standard InChI is InChI=1S/C15H17N3O2S/c1-3-20-15(19)12-7-21-14(18-12)11-6-9-4-8(2)5-10(16)13(9)17-11/h4-6,12,17H,3,7,16H2,1-2H3/t12-/m0/s1. The third kappa shape index (κ3) is 2.63. The maximum Gasteiger partial charge on any atom is 0.331 e. The normalized spacial score (nSPS) is 18.0. The smallest absolute Gasteiger partial charge is 0.331 e. The molecule has 3 rings (SSSR count). The molecule has 0 spiro atoms. The third-order valence-corrected chi connectivity index (χ3v) is 4.42. The molecule has 1 atom stereocenters. The number of aryl methyl sites for hydroxylation is 1. The van der Waals surface area contributed by atoms with Gasteiger partial charge in [-0.3, -0.25) is 4.99 Å². The number of rotatable bonds is 3. The minimum absolute atomic E-state index is 0.258. The molecule has 1 aromatic heterocycles. The van der Waals surface area contributed by atoms with Crippen LogP contribution in [0, 0.1) is 6.92 Å². The molecular formula is C15H17N3O2S. The zero-order valence-corrected chi connectivity index (χ0v) is 12.8. The molecule has 6 heteroatoms. The van der Waals surface area contributed by atoms with Gasteiger partial charge in [-0.1, -0.05) is 0 Å². The second-order valence-electron chi connectivity index (χ2n) is 5.01. The first-order valence-electron chi connectivity index (χ1n) is 6.85. The van der Waals surface area contributed by atoms with E-state index < -0.39 is 6.04 Å². The summed E-state index contributed by atoms with van der Waals surface area (Å²) in [5, 5.41) is 1.90. The van der Waals surface area contributed by atoms with Gasteiger partial charge in [0.05, 0.1) is 23.5 Å². The fourth-order valence-electron chi connectivity index (χ4n) is 2.42. The first-order valence-corrected chi connectivity index (χ1v) is 7.83. The van der Waals surface area contributed by atoms with E-state index in [2.05, 4.69) is 16.0 Å². The summed E-state index contributed by atoms with van der Waals surface area (Å²) >= 11 is 1.56. The Hall–Kier alpha value is -1.95. The summed E-state index contributed by atoms with van der Waals surface area (Å²) in [5.74, 6) is 0.365. The van der Waals surface area contributed by atoms with Crippen LogP contribution in [0.5, 0.6) is 0 Å². The van der Waals surface area contributed by atoms with Crippen molar-refractivity contribution in [1.29, 1.82) is 0 Å². The zero-order valence-electron chi connectivity index (χ0n) is 12.0. The summed E-state index contributed by atoms with van der Waals surface area (Å²) in [7, 11) is 0. The first kappa shape index (κ1) is 14.0. The van der Waals surface area contributed by atoms with Gasteiger partial charge >= 0.3 is 5.97 Å². The summed E-state index contributed by atoms with van der Waals surface area (Å²) in [5.41, 5.74) is 9.69. The minimum Gasteiger partial charge on any atom is -0.464 e. The number of nitrogens with one attached hydrogen (secondary N) is 1. The van der Waals surface area contributed by atoms with Crippen LogP contribution in [0.3, 0.4) is 0 Å². The van der Waals surface area contributed by atoms with E-state index >= 15 is 0 Å². The maximum absolute atomic E-state index is 11.7. The van der Waals surface area contributed by atoms with Crippen LogP contribution < -0.4 is 5.73 Å². The molecule has 110 valence electrons. The molecule has 0 aliphatic carbocycles. The van der Waals surface area contributed by atoms with Crippen LogP contribution >= 0.6 is 11.8 Å². The van der Waals surface area contributed by atoms with E-state index in [4.69, 9.17) is 10.5 Å². The predicted octanol–water partition coefficient (Wildman–Crippen LogP) is 2.48. The van der Waals surface area contributed by atoms with Crippen LogP contribution in [0.1, 0.15) is 18.2 Å². The van der Waals surface area contributed by atoms with Crippen LogP contribution in [0.2, 0.25) is 0 Å². The SMILES string of the molecule is CCOC(=O)[C@@H]1CSC(c2cc3cc(C)cc(N)c3[nH]2)=N1. The maximum atomic E-state index is 11.7. The highest BCUT2D eigenvalue weighted by atomic mass is 32.2. The lowest BCUT2D eigenvalue weighted by molar-refractivity contribution is -0.143. The van der Waals surface area contributed by atoms with Crippen molar-refractivity contribution in [2.24, 2.45) is 4.99 Å². The summed E-state index contributed by atoms with van der Waals surface area (Å²) in [6, 6.07) is 5.64. The second kappa shape index (κ2) is 5.44. The Labute approximate surface area is 127 Å². The van der Waals surface area contributed by atoms with Crippen LogP contribution in [0.4, 0.5) is 5.69 Å². The van der Waals surface area contributed by atoms with Crippen LogP contribution in [-0.2, 0) is 9.53 Å². The van der Waals surface area contributed by atoms with E-state index in [1.54, 1.807) is 18.7 Å². The van der Waals surface area contributed by atoms with Crippen molar-refractivity contribution < 1.29 is 9.53 Å². The van der Waals surface area contributed by atoms with Gasteiger partial charge in [-0.05, 0) is 37.6 Å². The minimum atomic E-state index is -0.407. The molecule has 0 saturated heterocycles. The number of anilines is 1. The summed E-state index contributed by atoms with van der Waals surface area (Å²) in [4.78, 5) is 19.5. The molecule has 1 aliphatic rings. The second-order valence-corrected chi connectivity index (χ2v) is 6.02. The lowest BCUT2D eigenvalue weighted by atomic mass is 10.1. The van der Waals surface area contributed by atoms with Gasteiger partial charge in [0.25, 0.3) is 0 Å². The lowest BCUT2D eigenvalue weighted by Gasteiger charge is -2.03. The first-order chi connectivity index (χ1) is 10.1. The van der Waals surface area contributed by atoms with Gasteiger partial charge < -0.3 is 15.5 Å². The Morgan fingerprint density at radius 2 is 2.33 bits per heavy atom. The molecule has 21 heavy (non-hydrogen) atoms. The number of aromatic amines is 1. The Morgan fingerprint density at radius 3 is 3.10 bits per heavy atom. The Balaban J connectivity index is 1.93. The number of hydrogen-bond acceptors (Lipinski definition) is 5. The highest BCUT2D eigenvalue weighted by molar-refractivity contribution is 8.14. The topological polar surface area (TPSA) is 80.5 Å². The predicted molar refractivity (Wildman–Crippen MR) is 86.9 cm³/mol. The number of carbonyl (C=O) groups is 1. The fourth-order valence-corrected chi connectivity index (χ4v) is 3.42. The molecule has 0 radical (unpaired) electrons. The number of nitrogens with zero attached hydrogens (tertiary/aromatic N) is 1. The van der Waals surface area contributed by atoms with Crippen molar-refractivity contribution in [3.63, 3.8) is 0 Å². The number of nitrogens with two attached hydrogens (primary N) is 1. The van der Waals surface area contributed by atoms with Crippen molar-refractivity contribution in [3.8, 4) is 0 Å². The van der Waals surface area contributed by atoms with Crippen LogP contribution in [0.25, 0.3) is 10.9 Å². The van der Waals surface area contributed by atoms with E-state index in [1.165, 1.54) is 0 Å². The molecule has 2 aromatic rings. The van der Waals surface area contributed by atoms with Crippen LogP contribution in [0.15, 0.2) is 23.2 Å². The Kier molecular flexibility index (Phi) is 3.63. The highest BCUT2D eigenvalue weighted by Crippen LogP contribution is 2.29. The molecule has 1 aromatic carbocycles. The molecular weight excluding hydrogens is 286 g/mol. The number of ether oxygens (including phenoxy) is 1. The number of carbonyl (C=O) groups excluding carboxylic acids is 1. The van der Waals surface area contributed by atoms with Crippen molar-refractivity contribution in [1.82, 2.24) is 4.98 Å². The number of aromatic nitrogens is 1. The zero-order chi connectivity index (χ0) is 15.0. The lowest BCUT2D eigenvalue weighted by Crippen LogP contribution is -2.21. The quantitative estimate of drug-likeness (QED) is 0.674. The van der Waals surface area contributed by atoms with E-state index in [9.17, 15) is 4.79 Å². The molecule has 0 fully saturated rings. The number of esters is 1. The summed E-state index contributed by atoms with van der Waals surface area (Å²) in [6.45, 7) is 4.20. The van der Waals surface area contributed by atoms with Gasteiger partial charge in [0.15, 0.2) is 6.04 Å². The molecule has 0 saturated carbocycles. The van der Waals surface area contributed by atoms with E-state index in [-0.39, 0.29) is 5.97 Å². The number of thioether (sulfide) groups is 1. The molecule has 0 bridgehead atoms. The van der Waals surface area contributed by atoms with Gasteiger partial charge in [0, 0.05) is 11.1 Å². The monoisotopic (exact) mass is 303 g/mol. The van der Waals surface area contributed by atoms with Crippen molar-refractivity contribution >= 4 is 39.4 Å². The molecule has 3 N–H and O–H groups in total. The highest BCUT2D eigenvalue weighted by Gasteiger charge is 2.27.